The fraction of sp³-hybridized carbons (Fsp3) is 0.417. The molecule has 1 aliphatic carbocycles. The molecule has 0 unspecified atom stereocenters. The zero-order valence-corrected chi connectivity index (χ0v) is 10.4. The van der Waals surface area contributed by atoms with Gasteiger partial charge in [0.15, 0.2) is 0 Å². The number of anilines is 1. The van der Waals surface area contributed by atoms with Crippen molar-refractivity contribution in [2.45, 2.75) is 18.2 Å². The Balaban J connectivity index is 1.70. The smallest absolute Gasteiger partial charge is 0.117 e. The molecule has 3 rings (SSSR count). The van der Waals surface area contributed by atoms with Crippen molar-refractivity contribution in [3.63, 3.8) is 0 Å². The van der Waals surface area contributed by atoms with Crippen LogP contribution in [0.5, 0.6) is 0 Å². The molecule has 1 aromatic heterocycles. The molecule has 2 aromatic rings. The summed E-state index contributed by atoms with van der Waals surface area (Å²) >= 11 is 7.51. The summed E-state index contributed by atoms with van der Waals surface area (Å²) in [7, 11) is 0. The zero-order chi connectivity index (χ0) is 11.0. The Hall–Kier alpha value is -0.800. The first-order chi connectivity index (χ1) is 7.83. The minimum absolute atomic E-state index is 0.407. The van der Waals surface area contributed by atoms with Gasteiger partial charge in [-0.25, -0.2) is 0 Å². The summed E-state index contributed by atoms with van der Waals surface area (Å²) in [6.45, 7) is 1.02. The summed E-state index contributed by atoms with van der Waals surface area (Å²) < 4.78 is 4.41. The first kappa shape index (κ1) is 10.4. The molecule has 1 heterocycles. The number of alkyl halides is 1. The van der Waals surface area contributed by atoms with E-state index in [0.29, 0.717) is 5.38 Å². The predicted molar refractivity (Wildman–Crippen MR) is 70.5 cm³/mol. The Labute approximate surface area is 104 Å². The summed E-state index contributed by atoms with van der Waals surface area (Å²) in [6, 6.07) is 8.25. The topological polar surface area (TPSA) is 24.9 Å². The van der Waals surface area contributed by atoms with Gasteiger partial charge in [0.1, 0.15) is 5.00 Å². The van der Waals surface area contributed by atoms with Crippen molar-refractivity contribution in [3.05, 3.63) is 24.3 Å². The summed E-state index contributed by atoms with van der Waals surface area (Å²) in [5.41, 5.74) is 1.08. The Morgan fingerprint density at radius 3 is 3.00 bits per heavy atom. The Morgan fingerprint density at radius 1 is 1.38 bits per heavy atom. The lowest BCUT2D eigenvalue weighted by molar-refractivity contribution is 0.341. The highest BCUT2D eigenvalue weighted by molar-refractivity contribution is 7.11. The van der Waals surface area contributed by atoms with E-state index >= 15 is 0 Å². The number of aromatic nitrogens is 1. The zero-order valence-electron chi connectivity index (χ0n) is 8.82. The Kier molecular flexibility index (Phi) is 2.74. The maximum atomic E-state index is 5.96. The maximum absolute atomic E-state index is 5.96. The lowest BCUT2D eigenvalue weighted by atomic mass is 9.85. The molecule has 0 atom stereocenters. The van der Waals surface area contributed by atoms with E-state index in [9.17, 15) is 0 Å². The number of halogens is 1. The van der Waals surface area contributed by atoms with Gasteiger partial charge in [-0.2, -0.15) is 4.37 Å². The van der Waals surface area contributed by atoms with Gasteiger partial charge in [0.25, 0.3) is 0 Å². The molecule has 4 heteroatoms. The first-order valence-corrected chi connectivity index (χ1v) is 6.76. The van der Waals surface area contributed by atoms with Crippen molar-refractivity contribution in [2.75, 3.05) is 11.9 Å². The molecule has 0 bridgehead atoms. The van der Waals surface area contributed by atoms with Crippen LogP contribution in [-0.4, -0.2) is 16.3 Å². The van der Waals surface area contributed by atoms with Gasteiger partial charge in [0.2, 0.25) is 0 Å². The van der Waals surface area contributed by atoms with Crippen molar-refractivity contribution in [2.24, 2.45) is 5.92 Å². The van der Waals surface area contributed by atoms with E-state index in [4.69, 9.17) is 11.6 Å². The molecule has 84 valence electrons. The van der Waals surface area contributed by atoms with Crippen LogP contribution in [0.25, 0.3) is 10.9 Å². The lowest BCUT2D eigenvalue weighted by Gasteiger charge is -2.30. The van der Waals surface area contributed by atoms with Crippen LogP contribution in [0.15, 0.2) is 24.3 Å². The van der Waals surface area contributed by atoms with E-state index in [1.165, 1.54) is 10.4 Å². The molecular formula is C12H13ClN2S. The number of hydrogen-bond donors (Lipinski definition) is 1. The lowest BCUT2D eigenvalue weighted by Crippen LogP contribution is -2.29. The SMILES string of the molecule is ClC1CC(CNc2snc3ccccc23)C1. The van der Waals surface area contributed by atoms with Crippen LogP contribution < -0.4 is 5.32 Å². The standard InChI is InChI=1S/C12H13ClN2S/c13-9-5-8(6-9)7-14-12-10-3-1-2-4-11(10)15-16-12/h1-4,8-9,14H,5-7H2. The van der Waals surface area contributed by atoms with E-state index in [2.05, 4.69) is 27.9 Å². The van der Waals surface area contributed by atoms with E-state index in [-0.39, 0.29) is 0 Å². The molecule has 1 saturated carbocycles. The Morgan fingerprint density at radius 2 is 2.19 bits per heavy atom. The first-order valence-electron chi connectivity index (χ1n) is 5.55. The maximum Gasteiger partial charge on any atom is 0.117 e. The Bertz CT molecular complexity index is 490. The van der Waals surface area contributed by atoms with Crippen molar-refractivity contribution in [1.82, 2.24) is 4.37 Å². The van der Waals surface area contributed by atoms with Crippen molar-refractivity contribution < 1.29 is 0 Å². The summed E-state index contributed by atoms with van der Waals surface area (Å²) in [6.07, 6.45) is 2.29. The average Bonchev–Trinajstić information content (AvgIpc) is 2.66. The van der Waals surface area contributed by atoms with Gasteiger partial charge in [-0.05, 0) is 42.4 Å². The summed E-state index contributed by atoms with van der Waals surface area (Å²) in [5.74, 6) is 0.739. The van der Waals surface area contributed by atoms with Gasteiger partial charge in [-0.15, -0.1) is 11.6 Å². The highest BCUT2D eigenvalue weighted by Crippen LogP contribution is 2.33. The fourth-order valence-corrected chi connectivity index (χ4v) is 3.35. The predicted octanol–water partition coefficient (Wildman–Crippen LogP) is 3.73. The van der Waals surface area contributed by atoms with Crippen LogP contribution in [-0.2, 0) is 0 Å². The average molecular weight is 253 g/mol. The molecule has 1 aromatic carbocycles. The summed E-state index contributed by atoms with van der Waals surface area (Å²) in [4.78, 5) is 0. The number of fused-ring (bicyclic) bond motifs is 1. The minimum Gasteiger partial charge on any atom is -0.375 e. The van der Waals surface area contributed by atoms with E-state index in [1.54, 1.807) is 11.5 Å². The van der Waals surface area contributed by atoms with Crippen LogP contribution in [0.1, 0.15) is 12.8 Å². The van der Waals surface area contributed by atoms with Crippen molar-refractivity contribution in [3.8, 4) is 0 Å². The minimum atomic E-state index is 0.407. The van der Waals surface area contributed by atoms with Crippen molar-refractivity contribution in [1.29, 1.82) is 0 Å². The highest BCUT2D eigenvalue weighted by Gasteiger charge is 2.26. The molecule has 2 nitrogen and oxygen atoms in total. The fourth-order valence-electron chi connectivity index (χ4n) is 2.07. The largest absolute Gasteiger partial charge is 0.375 e. The number of nitrogens with zero attached hydrogens (tertiary/aromatic N) is 1. The molecule has 16 heavy (non-hydrogen) atoms. The molecule has 0 saturated heterocycles. The highest BCUT2D eigenvalue weighted by atomic mass is 35.5. The van der Waals surface area contributed by atoms with Crippen LogP contribution in [0.4, 0.5) is 5.00 Å². The van der Waals surface area contributed by atoms with Gasteiger partial charge in [-0.1, -0.05) is 12.1 Å². The molecule has 0 spiro atoms. The molecule has 1 N–H and O–H groups in total. The van der Waals surface area contributed by atoms with E-state index in [1.807, 2.05) is 6.07 Å². The van der Waals surface area contributed by atoms with Gasteiger partial charge in [0.05, 0.1) is 5.52 Å². The van der Waals surface area contributed by atoms with Gasteiger partial charge in [-0.3, -0.25) is 0 Å². The van der Waals surface area contributed by atoms with E-state index < -0.39 is 0 Å². The van der Waals surface area contributed by atoms with Crippen LogP contribution in [0.3, 0.4) is 0 Å². The number of nitrogens with one attached hydrogen (secondary N) is 1. The molecular weight excluding hydrogens is 240 g/mol. The monoisotopic (exact) mass is 252 g/mol. The van der Waals surface area contributed by atoms with Crippen LogP contribution >= 0.6 is 23.1 Å². The molecule has 0 amide bonds. The van der Waals surface area contributed by atoms with Crippen LogP contribution in [0, 0.1) is 5.92 Å². The third-order valence-electron chi connectivity index (χ3n) is 3.11. The normalized spacial score (nSPS) is 24.3. The second-order valence-electron chi connectivity index (χ2n) is 4.34. The third-order valence-corrected chi connectivity index (χ3v) is 4.30. The summed E-state index contributed by atoms with van der Waals surface area (Å²) in [5, 5.41) is 6.31. The number of hydrogen-bond acceptors (Lipinski definition) is 3. The quantitative estimate of drug-likeness (QED) is 0.842. The van der Waals surface area contributed by atoms with Crippen molar-refractivity contribution >= 4 is 39.0 Å². The molecule has 0 aliphatic heterocycles. The molecule has 0 radical (unpaired) electrons. The number of rotatable bonds is 3. The number of benzene rings is 1. The van der Waals surface area contributed by atoms with Gasteiger partial charge >= 0.3 is 0 Å². The molecule has 1 aliphatic rings. The molecule has 1 fully saturated rings. The van der Waals surface area contributed by atoms with E-state index in [0.717, 1.165) is 30.8 Å². The second-order valence-corrected chi connectivity index (χ2v) is 5.74. The third kappa shape index (κ3) is 1.89. The van der Waals surface area contributed by atoms with Crippen LogP contribution in [0.2, 0.25) is 0 Å². The van der Waals surface area contributed by atoms with Gasteiger partial charge < -0.3 is 5.32 Å². The van der Waals surface area contributed by atoms with Gasteiger partial charge in [0, 0.05) is 17.3 Å². The second kappa shape index (κ2) is 4.22.